The van der Waals surface area contributed by atoms with Crippen LogP contribution in [-0.2, 0) is 7.05 Å². The summed E-state index contributed by atoms with van der Waals surface area (Å²) in [6.45, 7) is 0. The molecule has 2 heterocycles. The molecule has 0 saturated heterocycles. The van der Waals surface area contributed by atoms with Crippen molar-refractivity contribution in [1.29, 1.82) is 0 Å². The standard InChI is InChI=1S/C5H4BrN5OS2/c1-11-3(12)8-9-4(11)14-5-10-7-2(6)13-5/h1H3,(H,8,12). The fourth-order valence-corrected chi connectivity index (χ4v) is 3.08. The predicted molar refractivity (Wildman–Crippen MR) is 55.6 cm³/mol. The molecule has 2 aromatic rings. The Labute approximate surface area is 94.9 Å². The predicted octanol–water partition coefficient (Wildman–Crippen LogP) is 0.874. The van der Waals surface area contributed by atoms with E-state index in [2.05, 4.69) is 36.3 Å². The number of aromatic nitrogens is 5. The topological polar surface area (TPSA) is 76.5 Å². The molecule has 0 atom stereocenters. The van der Waals surface area contributed by atoms with E-state index >= 15 is 0 Å². The summed E-state index contributed by atoms with van der Waals surface area (Å²) >= 11 is 5.88. The Morgan fingerprint density at radius 2 is 2.36 bits per heavy atom. The summed E-state index contributed by atoms with van der Waals surface area (Å²) in [6, 6.07) is 0. The normalized spacial score (nSPS) is 10.7. The van der Waals surface area contributed by atoms with Gasteiger partial charge in [-0.05, 0) is 27.7 Å². The quantitative estimate of drug-likeness (QED) is 0.889. The van der Waals surface area contributed by atoms with Crippen LogP contribution >= 0.6 is 39.0 Å². The van der Waals surface area contributed by atoms with Crippen molar-refractivity contribution in [2.45, 2.75) is 9.50 Å². The second kappa shape index (κ2) is 3.83. The molecule has 0 aliphatic carbocycles. The van der Waals surface area contributed by atoms with E-state index in [-0.39, 0.29) is 5.69 Å². The fourth-order valence-electron chi connectivity index (χ4n) is 0.736. The first kappa shape index (κ1) is 9.87. The SMILES string of the molecule is Cn1c(Sc2nnc(Br)s2)n[nH]c1=O. The molecule has 0 fully saturated rings. The van der Waals surface area contributed by atoms with Gasteiger partial charge in [-0.2, -0.15) is 0 Å². The van der Waals surface area contributed by atoms with E-state index in [9.17, 15) is 4.79 Å². The van der Waals surface area contributed by atoms with E-state index in [1.54, 1.807) is 7.05 Å². The zero-order valence-electron chi connectivity index (χ0n) is 6.89. The van der Waals surface area contributed by atoms with Crippen LogP contribution in [0.1, 0.15) is 0 Å². The van der Waals surface area contributed by atoms with E-state index in [0.29, 0.717) is 9.07 Å². The summed E-state index contributed by atoms with van der Waals surface area (Å²) in [4.78, 5) is 11.0. The van der Waals surface area contributed by atoms with Crippen molar-refractivity contribution in [2.24, 2.45) is 7.05 Å². The third-order valence-electron chi connectivity index (χ3n) is 1.40. The van der Waals surface area contributed by atoms with Crippen LogP contribution < -0.4 is 5.69 Å². The van der Waals surface area contributed by atoms with E-state index in [1.165, 1.54) is 27.7 Å². The maximum Gasteiger partial charge on any atom is 0.343 e. The van der Waals surface area contributed by atoms with Crippen LogP contribution in [-0.4, -0.2) is 25.0 Å². The molecular formula is C5H4BrN5OS2. The summed E-state index contributed by atoms with van der Waals surface area (Å²) < 4.78 is 2.86. The number of H-pyrrole nitrogens is 1. The maximum absolute atomic E-state index is 11.0. The van der Waals surface area contributed by atoms with Gasteiger partial charge in [-0.3, -0.25) is 4.57 Å². The van der Waals surface area contributed by atoms with E-state index < -0.39 is 0 Å². The molecule has 0 unspecified atom stereocenters. The molecule has 0 saturated carbocycles. The zero-order valence-corrected chi connectivity index (χ0v) is 10.1. The van der Waals surface area contributed by atoms with Gasteiger partial charge in [0.05, 0.1) is 0 Å². The Balaban J connectivity index is 2.27. The Bertz CT molecular complexity index is 502. The molecular weight excluding hydrogens is 290 g/mol. The molecule has 2 aromatic heterocycles. The molecule has 0 spiro atoms. The molecule has 0 bridgehead atoms. The highest BCUT2D eigenvalue weighted by molar-refractivity contribution is 9.11. The van der Waals surface area contributed by atoms with Gasteiger partial charge in [0.2, 0.25) is 0 Å². The highest BCUT2D eigenvalue weighted by Gasteiger charge is 2.09. The average Bonchev–Trinajstić information content (AvgIpc) is 2.67. The van der Waals surface area contributed by atoms with Crippen LogP contribution in [0.25, 0.3) is 0 Å². The van der Waals surface area contributed by atoms with Gasteiger partial charge in [0.15, 0.2) is 13.4 Å². The average molecular weight is 294 g/mol. The first-order valence-electron chi connectivity index (χ1n) is 3.45. The Morgan fingerprint density at radius 3 is 2.86 bits per heavy atom. The first-order chi connectivity index (χ1) is 6.66. The lowest BCUT2D eigenvalue weighted by molar-refractivity contribution is 0.765. The molecule has 9 heteroatoms. The second-order valence-electron chi connectivity index (χ2n) is 2.29. The van der Waals surface area contributed by atoms with Crippen LogP contribution in [0.15, 0.2) is 18.2 Å². The lowest BCUT2D eigenvalue weighted by atomic mass is 11.1. The summed E-state index contributed by atoms with van der Waals surface area (Å²) in [5.41, 5.74) is -0.240. The number of nitrogens with one attached hydrogen (secondary N) is 1. The number of rotatable bonds is 2. The molecule has 6 nitrogen and oxygen atoms in total. The lowest BCUT2D eigenvalue weighted by Crippen LogP contribution is -2.12. The third kappa shape index (κ3) is 1.88. The van der Waals surface area contributed by atoms with Gasteiger partial charge in [-0.25, -0.2) is 9.89 Å². The summed E-state index contributed by atoms with van der Waals surface area (Å²) in [5.74, 6) is 0. The largest absolute Gasteiger partial charge is 0.343 e. The van der Waals surface area contributed by atoms with Crippen LogP contribution in [0.2, 0.25) is 0 Å². The minimum Gasteiger partial charge on any atom is -0.273 e. The molecule has 1 N–H and O–H groups in total. The Kier molecular flexibility index (Phi) is 2.70. The Hall–Kier alpha value is -0.670. The molecule has 0 aromatic carbocycles. The number of aromatic amines is 1. The van der Waals surface area contributed by atoms with Gasteiger partial charge in [0, 0.05) is 7.05 Å². The van der Waals surface area contributed by atoms with E-state index in [0.717, 1.165) is 4.34 Å². The lowest BCUT2D eigenvalue weighted by Gasteiger charge is -1.92. The summed E-state index contributed by atoms with van der Waals surface area (Å²) in [6.07, 6.45) is 0. The van der Waals surface area contributed by atoms with Gasteiger partial charge < -0.3 is 0 Å². The first-order valence-corrected chi connectivity index (χ1v) is 5.87. The molecule has 0 aliphatic heterocycles. The van der Waals surface area contributed by atoms with Crippen LogP contribution in [0.4, 0.5) is 0 Å². The van der Waals surface area contributed by atoms with Crippen LogP contribution in [0.5, 0.6) is 0 Å². The van der Waals surface area contributed by atoms with Crippen molar-refractivity contribution in [2.75, 3.05) is 0 Å². The van der Waals surface area contributed by atoms with Gasteiger partial charge in [0.1, 0.15) is 0 Å². The molecule has 0 amide bonds. The van der Waals surface area contributed by atoms with Crippen molar-refractivity contribution in [3.05, 3.63) is 14.4 Å². The van der Waals surface area contributed by atoms with Crippen LogP contribution in [0, 0.1) is 0 Å². The van der Waals surface area contributed by atoms with E-state index in [1.807, 2.05) is 0 Å². The smallest absolute Gasteiger partial charge is 0.273 e. The zero-order chi connectivity index (χ0) is 10.1. The van der Waals surface area contributed by atoms with Gasteiger partial charge in [-0.15, -0.1) is 15.3 Å². The molecule has 0 radical (unpaired) electrons. The highest BCUT2D eigenvalue weighted by atomic mass is 79.9. The minimum absolute atomic E-state index is 0.240. The maximum atomic E-state index is 11.0. The third-order valence-corrected chi connectivity index (χ3v) is 3.85. The molecule has 0 aliphatic rings. The summed E-state index contributed by atoms with van der Waals surface area (Å²) in [5, 5.41) is 14.4. The molecule has 14 heavy (non-hydrogen) atoms. The number of nitrogens with zero attached hydrogens (tertiary/aromatic N) is 4. The van der Waals surface area contributed by atoms with Crippen LogP contribution in [0.3, 0.4) is 0 Å². The molecule has 74 valence electrons. The van der Waals surface area contributed by atoms with Crippen molar-refractivity contribution in [3.8, 4) is 0 Å². The number of hydrogen-bond donors (Lipinski definition) is 1. The van der Waals surface area contributed by atoms with Gasteiger partial charge >= 0.3 is 5.69 Å². The van der Waals surface area contributed by atoms with E-state index in [4.69, 9.17) is 0 Å². The molecule has 2 rings (SSSR count). The fraction of sp³-hybridized carbons (Fsp3) is 0.200. The minimum atomic E-state index is -0.240. The number of hydrogen-bond acceptors (Lipinski definition) is 6. The number of halogens is 1. The second-order valence-corrected chi connectivity index (χ2v) is 5.76. The van der Waals surface area contributed by atoms with Crippen molar-refractivity contribution in [1.82, 2.24) is 25.0 Å². The Morgan fingerprint density at radius 1 is 1.57 bits per heavy atom. The monoisotopic (exact) mass is 293 g/mol. The van der Waals surface area contributed by atoms with Crippen molar-refractivity contribution in [3.63, 3.8) is 0 Å². The summed E-state index contributed by atoms with van der Waals surface area (Å²) in [7, 11) is 1.64. The van der Waals surface area contributed by atoms with Gasteiger partial charge in [-0.1, -0.05) is 11.3 Å². The highest BCUT2D eigenvalue weighted by Crippen LogP contribution is 2.29. The van der Waals surface area contributed by atoms with Crippen molar-refractivity contribution >= 4 is 39.0 Å². The van der Waals surface area contributed by atoms with Gasteiger partial charge in [0.25, 0.3) is 0 Å². The van der Waals surface area contributed by atoms with Crippen molar-refractivity contribution < 1.29 is 0 Å².